The van der Waals surface area contributed by atoms with Crippen molar-refractivity contribution in [1.82, 2.24) is 4.90 Å². The van der Waals surface area contributed by atoms with Gasteiger partial charge in [0.1, 0.15) is 0 Å². The van der Waals surface area contributed by atoms with Crippen LogP contribution in [0.4, 0.5) is 4.79 Å². The Morgan fingerprint density at radius 3 is 2.72 bits per heavy atom. The molecule has 5 nitrogen and oxygen atoms in total. The topological polar surface area (TPSA) is 55.8 Å². The molecule has 0 saturated carbocycles. The Labute approximate surface area is 108 Å². The summed E-state index contributed by atoms with van der Waals surface area (Å²) in [5.41, 5.74) is 0. The van der Waals surface area contributed by atoms with Crippen molar-refractivity contribution in [3.05, 3.63) is 0 Å². The van der Waals surface area contributed by atoms with Crippen LogP contribution in [0, 0.1) is 5.92 Å². The molecule has 5 heteroatoms. The molecule has 0 radical (unpaired) electrons. The molecule has 1 amide bonds. The lowest BCUT2D eigenvalue weighted by molar-refractivity contribution is -0.149. The van der Waals surface area contributed by atoms with Gasteiger partial charge in [0.25, 0.3) is 0 Å². The molecular formula is C13H23NO4. The van der Waals surface area contributed by atoms with E-state index in [1.165, 1.54) is 0 Å². The smallest absolute Gasteiger partial charge is 0.409 e. The number of unbranched alkanes of at least 4 members (excludes halogenated alkanes) is 1. The second-order valence-electron chi connectivity index (χ2n) is 4.51. The molecule has 0 aromatic heterocycles. The number of likely N-dealkylation sites (tertiary alicyclic amines) is 1. The minimum Gasteiger partial charge on any atom is -0.466 e. The van der Waals surface area contributed by atoms with Crippen LogP contribution in [-0.4, -0.2) is 43.3 Å². The largest absolute Gasteiger partial charge is 0.466 e. The third-order valence-corrected chi connectivity index (χ3v) is 3.02. The van der Waals surface area contributed by atoms with Crippen LogP contribution in [-0.2, 0) is 14.3 Å². The lowest BCUT2D eigenvalue weighted by atomic mass is 9.99. The van der Waals surface area contributed by atoms with E-state index in [2.05, 4.69) is 0 Å². The van der Waals surface area contributed by atoms with Gasteiger partial charge in [0.2, 0.25) is 0 Å². The van der Waals surface area contributed by atoms with Crippen molar-refractivity contribution in [3.8, 4) is 0 Å². The average Bonchev–Trinajstić information content (AvgIpc) is 2.39. The van der Waals surface area contributed by atoms with E-state index in [1.54, 1.807) is 11.8 Å². The van der Waals surface area contributed by atoms with E-state index in [9.17, 15) is 9.59 Å². The van der Waals surface area contributed by atoms with Crippen LogP contribution in [0.1, 0.15) is 39.5 Å². The van der Waals surface area contributed by atoms with Crippen molar-refractivity contribution < 1.29 is 19.1 Å². The van der Waals surface area contributed by atoms with E-state index in [0.29, 0.717) is 26.3 Å². The zero-order valence-electron chi connectivity index (χ0n) is 11.3. The fourth-order valence-corrected chi connectivity index (χ4v) is 1.99. The molecular weight excluding hydrogens is 234 g/mol. The standard InChI is InChI=1S/C13H23NO4/c1-3-5-9-18-13(16)14-8-6-7-11(10-14)12(15)17-4-2/h11H,3-10H2,1-2H3. The number of ether oxygens (including phenoxy) is 2. The fraction of sp³-hybridized carbons (Fsp3) is 0.846. The summed E-state index contributed by atoms with van der Waals surface area (Å²) >= 11 is 0. The molecule has 0 aliphatic carbocycles. The molecule has 18 heavy (non-hydrogen) atoms. The van der Waals surface area contributed by atoms with Gasteiger partial charge in [-0.3, -0.25) is 4.79 Å². The Kier molecular flexibility index (Phi) is 6.54. The maximum atomic E-state index is 11.8. The first kappa shape index (κ1) is 14.8. The van der Waals surface area contributed by atoms with Crippen molar-refractivity contribution in [2.75, 3.05) is 26.3 Å². The molecule has 1 unspecified atom stereocenters. The Hall–Kier alpha value is -1.26. The summed E-state index contributed by atoms with van der Waals surface area (Å²) in [5.74, 6) is -0.402. The number of amides is 1. The highest BCUT2D eigenvalue weighted by Gasteiger charge is 2.29. The van der Waals surface area contributed by atoms with Gasteiger partial charge in [0, 0.05) is 13.1 Å². The summed E-state index contributed by atoms with van der Waals surface area (Å²) in [7, 11) is 0. The van der Waals surface area contributed by atoms with Gasteiger partial charge in [-0.2, -0.15) is 0 Å². The molecule has 104 valence electrons. The van der Waals surface area contributed by atoms with Gasteiger partial charge in [0.15, 0.2) is 0 Å². The predicted molar refractivity (Wildman–Crippen MR) is 67.2 cm³/mol. The van der Waals surface area contributed by atoms with E-state index in [4.69, 9.17) is 9.47 Å². The van der Waals surface area contributed by atoms with Crippen molar-refractivity contribution in [2.45, 2.75) is 39.5 Å². The maximum absolute atomic E-state index is 11.8. The first-order chi connectivity index (χ1) is 8.69. The van der Waals surface area contributed by atoms with E-state index >= 15 is 0 Å². The molecule has 1 aliphatic heterocycles. The predicted octanol–water partition coefficient (Wildman–Crippen LogP) is 2.20. The van der Waals surface area contributed by atoms with E-state index in [1.807, 2.05) is 6.92 Å². The lowest BCUT2D eigenvalue weighted by Gasteiger charge is -2.30. The number of hydrogen-bond donors (Lipinski definition) is 0. The van der Waals surface area contributed by atoms with Crippen LogP contribution in [0.15, 0.2) is 0 Å². The third kappa shape index (κ3) is 4.55. The highest BCUT2D eigenvalue weighted by molar-refractivity contribution is 5.74. The van der Waals surface area contributed by atoms with Gasteiger partial charge in [-0.15, -0.1) is 0 Å². The molecule has 0 aromatic rings. The van der Waals surface area contributed by atoms with Crippen LogP contribution in [0.5, 0.6) is 0 Å². The van der Waals surface area contributed by atoms with Gasteiger partial charge in [-0.1, -0.05) is 13.3 Å². The Morgan fingerprint density at radius 1 is 1.28 bits per heavy atom. The number of carbonyl (C=O) groups excluding carboxylic acids is 2. The van der Waals surface area contributed by atoms with Crippen molar-refractivity contribution >= 4 is 12.1 Å². The van der Waals surface area contributed by atoms with Crippen molar-refractivity contribution in [1.29, 1.82) is 0 Å². The zero-order valence-corrected chi connectivity index (χ0v) is 11.3. The van der Waals surface area contributed by atoms with Gasteiger partial charge in [0.05, 0.1) is 19.1 Å². The van der Waals surface area contributed by atoms with E-state index < -0.39 is 0 Å². The van der Waals surface area contributed by atoms with E-state index in [0.717, 1.165) is 25.7 Å². The number of esters is 1. The van der Waals surface area contributed by atoms with Crippen LogP contribution in [0.2, 0.25) is 0 Å². The summed E-state index contributed by atoms with van der Waals surface area (Å²) < 4.78 is 10.1. The minimum absolute atomic E-state index is 0.197. The first-order valence-corrected chi connectivity index (χ1v) is 6.77. The SMILES string of the molecule is CCCCOC(=O)N1CCCC(C(=O)OCC)C1. The number of hydrogen-bond acceptors (Lipinski definition) is 4. The quantitative estimate of drug-likeness (QED) is 0.559. The second-order valence-corrected chi connectivity index (χ2v) is 4.51. The molecule has 0 N–H and O–H groups in total. The molecule has 1 fully saturated rings. The second kappa shape index (κ2) is 7.95. The number of nitrogens with zero attached hydrogens (tertiary/aromatic N) is 1. The van der Waals surface area contributed by atoms with Gasteiger partial charge in [-0.25, -0.2) is 4.79 Å². The summed E-state index contributed by atoms with van der Waals surface area (Å²) in [4.78, 5) is 25.0. The summed E-state index contributed by atoms with van der Waals surface area (Å²) in [6.45, 7) is 5.76. The number of piperidine rings is 1. The van der Waals surface area contributed by atoms with Crippen LogP contribution in [0.3, 0.4) is 0 Å². The molecule has 1 heterocycles. The van der Waals surface area contributed by atoms with Crippen LogP contribution < -0.4 is 0 Å². The average molecular weight is 257 g/mol. The Morgan fingerprint density at radius 2 is 2.06 bits per heavy atom. The van der Waals surface area contributed by atoms with Crippen molar-refractivity contribution in [2.24, 2.45) is 5.92 Å². The first-order valence-electron chi connectivity index (χ1n) is 6.77. The normalized spacial score (nSPS) is 19.4. The summed E-state index contributed by atoms with van der Waals surface area (Å²) in [6.07, 6.45) is 3.18. The molecule has 0 aromatic carbocycles. The molecule has 1 atom stereocenters. The molecule has 1 aliphatic rings. The minimum atomic E-state index is -0.308. The highest BCUT2D eigenvalue weighted by atomic mass is 16.6. The lowest BCUT2D eigenvalue weighted by Crippen LogP contribution is -2.43. The van der Waals surface area contributed by atoms with E-state index in [-0.39, 0.29) is 18.0 Å². The fourth-order valence-electron chi connectivity index (χ4n) is 1.99. The molecule has 0 spiro atoms. The van der Waals surface area contributed by atoms with Gasteiger partial charge >= 0.3 is 12.1 Å². The molecule has 1 rings (SSSR count). The monoisotopic (exact) mass is 257 g/mol. The summed E-state index contributed by atoms with van der Waals surface area (Å²) in [5, 5.41) is 0. The van der Waals surface area contributed by atoms with Crippen LogP contribution in [0.25, 0.3) is 0 Å². The molecule has 0 bridgehead atoms. The number of rotatable bonds is 5. The maximum Gasteiger partial charge on any atom is 0.409 e. The summed E-state index contributed by atoms with van der Waals surface area (Å²) in [6, 6.07) is 0. The molecule has 1 saturated heterocycles. The van der Waals surface area contributed by atoms with Gasteiger partial charge in [-0.05, 0) is 26.2 Å². The highest BCUT2D eigenvalue weighted by Crippen LogP contribution is 2.18. The van der Waals surface area contributed by atoms with Crippen molar-refractivity contribution in [3.63, 3.8) is 0 Å². The Bertz CT molecular complexity index is 280. The zero-order chi connectivity index (χ0) is 13.4. The Balaban J connectivity index is 2.38. The van der Waals surface area contributed by atoms with Gasteiger partial charge < -0.3 is 14.4 Å². The number of carbonyl (C=O) groups is 2. The van der Waals surface area contributed by atoms with Crippen LogP contribution >= 0.6 is 0 Å². The third-order valence-electron chi connectivity index (χ3n) is 3.02.